The van der Waals surface area contributed by atoms with Crippen LogP contribution in [-0.4, -0.2) is 28.1 Å². The average Bonchev–Trinajstić information content (AvgIpc) is 2.96. The van der Waals surface area contributed by atoms with Crippen LogP contribution in [0.2, 0.25) is 0 Å². The van der Waals surface area contributed by atoms with Gasteiger partial charge in [0.05, 0.1) is 6.10 Å². The summed E-state index contributed by atoms with van der Waals surface area (Å²) < 4.78 is 0. The van der Waals surface area contributed by atoms with Crippen LogP contribution < -0.4 is 0 Å². The van der Waals surface area contributed by atoms with Gasteiger partial charge in [-0.1, -0.05) is 61.6 Å². The first-order valence-corrected chi connectivity index (χ1v) is 9.29. The van der Waals surface area contributed by atoms with Crippen LogP contribution in [0.3, 0.4) is 0 Å². The molecule has 2 N–H and O–H groups in total. The van der Waals surface area contributed by atoms with Crippen LogP contribution in [0.5, 0.6) is 0 Å². The Kier molecular flexibility index (Phi) is 11.0. The Morgan fingerprint density at radius 1 is 1.15 bits per heavy atom. The molecule has 0 aliphatic heterocycles. The van der Waals surface area contributed by atoms with E-state index >= 15 is 0 Å². The number of rotatable bonds is 12. The molecule has 142 valence electrons. The quantitative estimate of drug-likeness (QED) is 0.507. The van der Waals surface area contributed by atoms with E-state index in [2.05, 4.69) is 31.2 Å². The fourth-order valence-corrected chi connectivity index (χ4v) is 2.74. The van der Waals surface area contributed by atoms with Gasteiger partial charge in [0.1, 0.15) is 0 Å². The van der Waals surface area contributed by atoms with Crippen molar-refractivity contribution in [3.05, 3.63) is 60.8 Å². The van der Waals surface area contributed by atoms with Crippen molar-refractivity contribution < 1.29 is 19.8 Å². The van der Waals surface area contributed by atoms with Gasteiger partial charge in [-0.05, 0) is 38.2 Å². The van der Waals surface area contributed by atoms with E-state index in [9.17, 15) is 14.7 Å². The molecule has 0 spiro atoms. The van der Waals surface area contributed by atoms with E-state index in [-0.39, 0.29) is 24.0 Å². The van der Waals surface area contributed by atoms with Crippen molar-refractivity contribution in [2.75, 3.05) is 0 Å². The molecule has 0 bridgehead atoms. The third kappa shape index (κ3) is 9.33. The second-order valence-corrected chi connectivity index (χ2v) is 6.36. The van der Waals surface area contributed by atoms with Crippen molar-refractivity contribution in [1.29, 1.82) is 0 Å². The van der Waals surface area contributed by atoms with Gasteiger partial charge in [-0.15, -0.1) is 0 Å². The Bertz CT molecular complexity index is 581. The first kappa shape index (κ1) is 21.8. The zero-order chi connectivity index (χ0) is 19.2. The molecule has 0 aromatic rings. The standard InChI is InChI=1S/C22H30O4/c1-2-3-4-5-6-7-8-9-10-11-19(23)14-12-18-13-16-21(24)20(18)15-17-22(25)26/h3-4,6-7,9-10,12-14,16,18-20,23H,2,5,8,11,15,17H2,1H3,(H,25,26)/b4-3-,7-6+,10-9-,14-12+/t18-,19-,20-/m0/s1. The minimum absolute atomic E-state index is 0.0184. The maximum absolute atomic E-state index is 11.8. The summed E-state index contributed by atoms with van der Waals surface area (Å²) in [6, 6.07) is 0. The Hall–Kier alpha value is -2.20. The zero-order valence-electron chi connectivity index (χ0n) is 15.5. The van der Waals surface area contributed by atoms with Crippen LogP contribution in [0.1, 0.15) is 45.4 Å². The maximum Gasteiger partial charge on any atom is 0.303 e. The molecular formula is C22H30O4. The highest BCUT2D eigenvalue weighted by Gasteiger charge is 2.28. The lowest BCUT2D eigenvalue weighted by atomic mass is 9.89. The van der Waals surface area contributed by atoms with Gasteiger partial charge in [0.2, 0.25) is 0 Å². The SMILES string of the molecule is CC/C=C\C/C=C/C/C=C\C[C@H](O)/C=C/[C@H]1C=CC(=O)[C@H]1CCC(=O)O. The molecule has 0 aromatic carbocycles. The summed E-state index contributed by atoms with van der Waals surface area (Å²) in [7, 11) is 0. The molecule has 4 heteroatoms. The van der Waals surface area contributed by atoms with E-state index in [4.69, 9.17) is 5.11 Å². The van der Waals surface area contributed by atoms with E-state index in [0.29, 0.717) is 12.8 Å². The lowest BCUT2D eigenvalue weighted by Crippen LogP contribution is -2.16. The molecule has 0 heterocycles. The summed E-state index contributed by atoms with van der Waals surface area (Å²) in [5.41, 5.74) is 0. The number of allylic oxidation sites excluding steroid dienone is 8. The summed E-state index contributed by atoms with van der Waals surface area (Å²) in [6.07, 6.45) is 22.3. The van der Waals surface area contributed by atoms with Crippen LogP contribution in [0, 0.1) is 11.8 Å². The summed E-state index contributed by atoms with van der Waals surface area (Å²) in [5.74, 6) is -1.37. The predicted octanol–water partition coefficient (Wildman–Crippen LogP) is 4.39. The number of carboxylic acid groups (broad SMARTS) is 1. The molecule has 4 nitrogen and oxygen atoms in total. The molecule has 0 saturated heterocycles. The largest absolute Gasteiger partial charge is 0.481 e. The Morgan fingerprint density at radius 3 is 2.46 bits per heavy atom. The summed E-state index contributed by atoms with van der Waals surface area (Å²) >= 11 is 0. The fourth-order valence-electron chi connectivity index (χ4n) is 2.74. The molecule has 0 radical (unpaired) electrons. The van der Waals surface area contributed by atoms with E-state index in [1.54, 1.807) is 12.2 Å². The number of hydrogen-bond acceptors (Lipinski definition) is 3. The first-order valence-electron chi connectivity index (χ1n) is 9.29. The number of carbonyl (C=O) groups excluding carboxylic acids is 1. The van der Waals surface area contributed by atoms with E-state index in [0.717, 1.165) is 19.3 Å². The van der Waals surface area contributed by atoms with Crippen molar-refractivity contribution >= 4 is 11.8 Å². The van der Waals surface area contributed by atoms with Gasteiger partial charge in [-0.2, -0.15) is 0 Å². The number of aliphatic carboxylic acids is 1. The Balaban J connectivity index is 2.32. The predicted molar refractivity (Wildman–Crippen MR) is 105 cm³/mol. The second kappa shape index (κ2) is 13.1. The molecule has 1 aliphatic rings. The number of carboxylic acids is 1. The maximum atomic E-state index is 11.8. The number of ketones is 1. The summed E-state index contributed by atoms with van der Waals surface area (Å²) in [4.78, 5) is 22.5. The highest BCUT2D eigenvalue weighted by atomic mass is 16.4. The van der Waals surface area contributed by atoms with Gasteiger partial charge in [0.25, 0.3) is 0 Å². The topological polar surface area (TPSA) is 74.6 Å². The van der Waals surface area contributed by atoms with Crippen molar-refractivity contribution in [3.8, 4) is 0 Å². The molecule has 0 fully saturated rings. The van der Waals surface area contributed by atoms with Crippen LogP contribution in [0.15, 0.2) is 60.8 Å². The van der Waals surface area contributed by atoms with Gasteiger partial charge >= 0.3 is 5.97 Å². The average molecular weight is 358 g/mol. The minimum atomic E-state index is -0.895. The van der Waals surface area contributed by atoms with E-state index in [1.807, 2.05) is 18.2 Å². The van der Waals surface area contributed by atoms with Crippen LogP contribution in [-0.2, 0) is 9.59 Å². The van der Waals surface area contributed by atoms with Crippen molar-refractivity contribution in [2.24, 2.45) is 11.8 Å². The second-order valence-electron chi connectivity index (χ2n) is 6.36. The molecule has 3 atom stereocenters. The lowest BCUT2D eigenvalue weighted by Gasteiger charge is -2.14. The summed E-state index contributed by atoms with van der Waals surface area (Å²) in [5, 5.41) is 18.8. The molecule has 26 heavy (non-hydrogen) atoms. The molecule has 0 unspecified atom stereocenters. The van der Waals surface area contributed by atoms with Crippen molar-refractivity contribution in [3.63, 3.8) is 0 Å². The molecular weight excluding hydrogens is 328 g/mol. The third-order valence-corrected chi connectivity index (χ3v) is 4.20. The van der Waals surface area contributed by atoms with E-state index < -0.39 is 12.1 Å². The Morgan fingerprint density at radius 2 is 1.81 bits per heavy atom. The van der Waals surface area contributed by atoms with Crippen molar-refractivity contribution in [2.45, 2.75) is 51.6 Å². The minimum Gasteiger partial charge on any atom is -0.481 e. The molecule has 0 aromatic heterocycles. The monoisotopic (exact) mass is 358 g/mol. The molecule has 0 saturated carbocycles. The first-order chi connectivity index (χ1) is 12.5. The third-order valence-electron chi connectivity index (χ3n) is 4.20. The molecule has 0 amide bonds. The van der Waals surface area contributed by atoms with Crippen molar-refractivity contribution in [1.82, 2.24) is 0 Å². The molecule has 1 aliphatic carbocycles. The fraction of sp³-hybridized carbons (Fsp3) is 0.455. The number of aliphatic hydroxyl groups excluding tert-OH is 1. The van der Waals surface area contributed by atoms with Gasteiger partial charge in [0.15, 0.2) is 5.78 Å². The highest BCUT2D eigenvalue weighted by Crippen LogP contribution is 2.28. The highest BCUT2D eigenvalue weighted by molar-refractivity contribution is 5.95. The van der Waals surface area contributed by atoms with Gasteiger partial charge in [0, 0.05) is 18.3 Å². The number of hydrogen-bond donors (Lipinski definition) is 2. The van der Waals surface area contributed by atoms with Gasteiger partial charge in [-0.25, -0.2) is 0 Å². The normalized spacial score (nSPS) is 21.8. The number of aliphatic hydroxyl groups is 1. The zero-order valence-corrected chi connectivity index (χ0v) is 15.5. The summed E-state index contributed by atoms with van der Waals surface area (Å²) in [6.45, 7) is 2.11. The van der Waals surface area contributed by atoms with Crippen LogP contribution >= 0.6 is 0 Å². The smallest absolute Gasteiger partial charge is 0.303 e. The van der Waals surface area contributed by atoms with E-state index in [1.165, 1.54) is 6.08 Å². The van der Waals surface area contributed by atoms with Crippen LogP contribution in [0.25, 0.3) is 0 Å². The lowest BCUT2D eigenvalue weighted by molar-refractivity contribution is -0.137. The number of carbonyl (C=O) groups is 2. The molecule has 1 rings (SSSR count). The Labute approximate surface area is 156 Å². The van der Waals surface area contributed by atoms with Gasteiger partial charge < -0.3 is 10.2 Å². The van der Waals surface area contributed by atoms with Gasteiger partial charge in [-0.3, -0.25) is 9.59 Å². The van der Waals surface area contributed by atoms with Crippen LogP contribution in [0.4, 0.5) is 0 Å².